The van der Waals surface area contributed by atoms with Crippen LogP contribution in [0.3, 0.4) is 0 Å². The van der Waals surface area contributed by atoms with Gasteiger partial charge in [0.25, 0.3) is 0 Å². The summed E-state index contributed by atoms with van der Waals surface area (Å²) >= 11 is -4.29. The molecule has 0 fully saturated rings. The van der Waals surface area contributed by atoms with Gasteiger partial charge in [-0.3, -0.25) is 0 Å². The molecule has 0 heterocycles. The molecule has 0 aliphatic rings. The van der Waals surface area contributed by atoms with Crippen LogP contribution in [0.15, 0.2) is 0 Å². The maximum absolute atomic E-state index is 10.8. The van der Waals surface area contributed by atoms with E-state index in [0.29, 0.717) is 13.2 Å². The molecule has 0 spiro atoms. The van der Waals surface area contributed by atoms with Crippen LogP contribution in [0, 0.1) is 0 Å². The molecule has 0 unspecified atom stereocenters. The third-order valence-corrected chi connectivity index (χ3v) is 16.3. The summed E-state index contributed by atoms with van der Waals surface area (Å²) in [7, 11) is -1.88. The molecule has 0 aromatic heterocycles. The molecule has 20 heavy (non-hydrogen) atoms. The molecule has 1 N–H and O–H groups in total. The number of hydrogen-bond donors (Lipinski definition) is 1. The van der Waals surface area contributed by atoms with E-state index in [4.69, 9.17) is 8.13 Å². The molecule has 0 aliphatic heterocycles. The average Bonchev–Trinajstić information content (AvgIpc) is 2.46. The van der Waals surface area contributed by atoms with Crippen LogP contribution in [0.4, 0.5) is 0 Å². The third-order valence-electron chi connectivity index (χ3n) is 3.84. The first-order chi connectivity index (χ1) is 9.51. The van der Waals surface area contributed by atoms with E-state index in [-0.39, 0.29) is 0 Å². The Balaban J connectivity index is 4.70. The molecular formula is C14H34O4SiZr. The quantitative estimate of drug-likeness (QED) is 0.376. The van der Waals surface area contributed by atoms with Crippen molar-refractivity contribution >= 4 is 8.32 Å². The molecule has 0 atom stereocenters. The first-order valence-electron chi connectivity index (χ1n) is 8.21. The average molecular weight is 386 g/mol. The Morgan fingerprint density at radius 1 is 0.800 bits per heavy atom. The van der Waals surface area contributed by atoms with E-state index >= 15 is 0 Å². The van der Waals surface area contributed by atoms with Crippen molar-refractivity contribution in [2.45, 2.75) is 78.4 Å². The van der Waals surface area contributed by atoms with Gasteiger partial charge < -0.3 is 0 Å². The van der Waals surface area contributed by atoms with E-state index in [0.717, 1.165) is 43.8 Å². The van der Waals surface area contributed by atoms with Crippen molar-refractivity contribution in [2.24, 2.45) is 0 Å². The first kappa shape index (κ1) is 20.9. The van der Waals surface area contributed by atoms with E-state index in [9.17, 15) is 3.18 Å². The molecule has 4 nitrogen and oxygen atoms in total. The van der Waals surface area contributed by atoms with E-state index in [1.165, 1.54) is 0 Å². The van der Waals surface area contributed by atoms with Crippen molar-refractivity contribution in [2.75, 3.05) is 13.2 Å². The second-order valence-electron chi connectivity index (χ2n) is 5.27. The fourth-order valence-corrected chi connectivity index (χ4v) is 14.9. The van der Waals surface area contributed by atoms with Crippen molar-refractivity contribution in [3.8, 4) is 0 Å². The summed E-state index contributed by atoms with van der Waals surface area (Å²) in [6.45, 7) is 11.8. The van der Waals surface area contributed by atoms with E-state index in [1.807, 2.05) is 0 Å². The standard InChI is InChI=1S/C6H15OSi.2C4H9O.H2O.Zr/c1-4-8(7,5-2)6-3;2*1-2-3-4-5;;/h4-6H2,1-3H3;2*2-4H2,1H3;1H2;/q3*-1;;+4/p-1. The van der Waals surface area contributed by atoms with Crippen LogP contribution >= 0.6 is 0 Å². The Morgan fingerprint density at radius 3 is 1.50 bits per heavy atom. The number of unbranched alkanes of at least 4 members (excludes halogenated alkanes) is 2. The van der Waals surface area contributed by atoms with Crippen LogP contribution < -0.4 is 0 Å². The summed E-state index contributed by atoms with van der Waals surface area (Å²) < 4.78 is 28.5. The topological polar surface area (TPSA) is 47.9 Å². The normalized spacial score (nSPS) is 12.9. The summed E-state index contributed by atoms with van der Waals surface area (Å²) in [6.07, 6.45) is 3.99. The van der Waals surface area contributed by atoms with Crippen LogP contribution in [0.1, 0.15) is 60.3 Å². The zero-order valence-corrected chi connectivity index (χ0v) is 17.5. The summed E-state index contributed by atoms with van der Waals surface area (Å²) in [5.74, 6) is 0. The van der Waals surface area contributed by atoms with Gasteiger partial charge in [-0.1, -0.05) is 0 Å². The van der Waals surface area contributed by atoms with Crippen LogP contribution in [0.5, 0.6) is 0 Å². The summed E-state index contributed by atoms with van der Waals surface area (Å²) in [5.41, 5.74) is 0. The van der Waals surface area contributed by atoms with Gasteiger partial charge in [-0.25, -0.2) is 0 Å². The molecule has 0 rings (SSSR count). The van der Waals surface area contributed by atoms with Crippen molar-refractivity contribution in [1.29, 1.82) is 0 Å². The Bertz CT molecular complexity index is 219. The van der Waals surface area contributed by atoms with Crippen LogP contribution in [0.25, 0.3) is 0 Å². The maximum atomic E-state index is 10.8. The van der Waals surface area contributed by atoms with Gasteiger partial charge in [0.1, 0.15) is 0 Å². The molecule has 6 heteroatoms. The zero-order valence-electron chi connectivity index (χ0n) is 14.0. The van der Waals surface area contributed by atoms with Crippen LogP contribution in [-0.4, -0.2) is 24.7 Å². The zero-order chi connectivity index (χ0) is 15.5. The molecule has 0 aromatic carbocycles. The molecule has 122 valence electrons. The molecule has 0 bridgehead atoms. The van der Waals surface area contributed by atoms with Gasteiger partial charge in [0.2, 0.25) is 0 Å². The molecule has 0 saturated carbocycles. The van der Waals surface area contributed by atoms with Gasteiger partial charge in [-0.05, 0) is 0 Å². The molecule has 0 aliphatic carbocycles. The van der Waals surface area contributed by atoms with Crippen molar-refractivity contribution < 1.29 is 33.3 Å². The molecule has 0 saturated heterocycles. The second kappa shape index (κ2) is 11.5. The monoisotopic (exact) mass is 384 g/mol. The van der Waals surface area contributed by atoms with Gasteiger partial charge in [-0.2, -0.15) is 0 Å². The summed E-state index contributed by atoms with van der Waals surface area (Å²) in [5, 5.41) is 0. The Labute approximate surface area is 133 Å². The van der Waals surface area contributed by atoms with Gasteiger partial charge in [0.05, 0.1) is 0 Å². The van der Waals surface area contributed by atoms with Gasteiger partial charge in [0.15, 0.2) is 0 Å². The van der Waals surface area contributed by atoms with E-state index in [1.54, 1.807) is 0 Å². The van der Waals surface area contributed by atoms with Gasteiger partial charge in [-0.15, -0.1) is 0 Å². The van der Waals surface area contributed by atoms with Crippen LogP contribution in [0.2, 0.25) is 18.1 Å². The number of hydrogen-bond acceptors (Lipinski definition) is 4. The third kappa shape index (κ3) is 7.81. The van der Waals surface area contributed by atoms with Gasteiger partial charge in [0, 0.05) is 0 Å². The Morgan fingerprint density at radius 2 is 1.20 bits per heavy atom. The minimum absolute atomic E-state index is 0.552. The molecule has 0 radical (unpaired) electrons. The summed E-state index contributed by atoms with van der Waals surface area (Å²) in [4.78, 5) is 0. The van der Waals surface area contributed by atoms with Crippen molar-refractivity contribution in [1.82, 2.24) is 0 Å². The van der Waals surface area contributed by atoms with Crippen molar-refractivity contribution in [3.05, 3.63) is 0 Å². The molecular weight excluding hydrogens is 351 g/mol. The van der Waals surface area contributed by atoms with E-state index < -0.39 is 30.3 Å². The number of rotatable bonds is 13. The van der Waals surface area contributed by atoms with E-state index in [2.05, 4.69) is 34.6 Å². The second-order valence-corrected chi connectivity index (χ2v) is 15.5. The summed E-state index contributed by atoms with van der Waals surface area (Å²) in [6, 6.07) is 3.02. The predicted molar refractivity (Wildman–Crippen MR) is 82.2 cm³/mol. The minimum atomic E-state index is -4.29. The fraction of sp³-hybridized carbons (Fsp3) is 1.00. The Hall–Kier alpha value is 0.940. The SMILES string of the molecule is CCCC[O][Zr]([OH])([O]CCCC)[O][Si](CC)(CC)CC. The van der Waals surface area contributed by atoms with Crippen molar-refractivity contribution in [3.63, 3.8) is 0 Å². The molecule has 0 amide bonds. The molecule has 0 aromatic rings. The van der Waals surface area contributed by atoms with Crippen LogP contribution in [-0.2, 0) is 30.2 Å². The van der Waals surface area contributed by atoms with Gasteiger partial charge >= 0.3 is 133 Å². The fourth-order valence-electron chi connectivity index (χ4n) is 2.03. The first-order valence-corrected chi connectivity index (χ1v) is 14.9. The predicted octanol–water partition coefficient (Wildman–Crippen LogP) is 4.45. The Kier molecular flexibility index (Phi) is 12.0.